The summed E-state index contributed by atoms with van der Waals surface area (Å²) >= 11 is 1.04. The van der Waals surface area contributed by atoms with Crippen LogP contribution < -0.4 is 16.7 Å². The number of nitrogen functional groups attached to an aromatic ring is 1. The van der Waals surface area contributed by atoms with Crippen molar-refractivity contribution in [3.05, 3.63) is 58.5 Å². The molecular formula is C18H15N5O3S. The highest BCUT2D eigenvalue weighted by Crippen LogP contribution is 2.30. The van der Waals surface area contributed by atoms with Crippen molar-refractivity contribution in [1.82, 2.24) is 14.9 Å². The first kappa shape index (κ1) is 17.1. The van der Waals surface area contributed by atoms with Crippen LogP contribution in [0.3, 0.4) is 0 Å². The second-order valence-electron chi connectivity index (χ2n) is 5.89. The van der Waals surface area contributed by atoms with Crippen LogP contribution in [0.5, 0.6) is 0 Å². The Hall–Kier alpha value is -3.33. The van der Waals surface area contributed by atoms with Gasteiger partial charge in [-0.05, 0) is 31.2 Å². The van der Waals surface area contributed by atoms with Crippen LogP contribution in [-0.4, -0.2) is 26.5 Å². The zero-order chi connectivity index (χ0) is 19.0. The topological polar surface area (TPSA) is 116 Å². The predicted molar refractivity (Wildman–Crippen MR) is 104 cm³/mol. The monoisotopic (exact) mass is 381 g/mol. The third-order valence-electron chi connectivity index (χ3n) is 4.01. The molecule has 27 heavy (non-hydrogen) atoms. The SMILES string of the molecule is Cc1nnc(SCC(=O)Nc2ccc3oc4ccccc4c3c2)n(N)c1=O. The Bertz CT molecular complexity index is 1230. The predicted octanol–water partition coefficient (Wildman–Crippen LogP) is 2.29. The number of aryl methyl sites for hydroxylation is 1. The minimum atomic E-state index is -0.440. The maximum Gasteiger partial charge on any atom is 0.294 e. The van der Waals surface area contributed by atoms with Crippen LogP contribution in [0.1, 0.15) is 5.69 Å². The van der Waals surface area contributed by atoms with Crippen LogP contribution >= 0.6 is 11.8 Å². The average Bonchev–Trinajstić information content (AvgIpc) is 3.04. The van der Waals surface area contributed by atoms with Crippen molar-refractivity contribution >= 4 is 45.3 Å². The Kier molecular flexibility index (Phi) is 4.28. The summed E-state index contributed by atoms with van der Waals surface area (Å²) < 4.78 is 6.67. The molecule has 4 aromatic rings. The molecule has 0 spiro atoms. The molecule has 2 heterocycles. The second kappa shape index (κ2) is 6.76. The van der Waals surface area contributed by atoms with E-state index in [9.17, 15) is 9.59 Å². The molecule has 0 bridgehead atoms. The summed E-state index contributed by atoms with van der Waals surface area (Å²) in [4.78, 5) is 24.0. The van der Waals surface area contributed by atoms with Gasteiger partial charge in [-0.2, -0.15) is 4.68 Å². The summed E-state index contributed by atoms with van der Waals surface area (Å²) in [6.07, 6.45) is 0. The number of thioether (sulfide) groups is 1. The summed E-state index contributed by atoms with van der Waals surface area (Å²) in [6, 6.07) is 13.2. The van der Waals surface area contributed by atoms with Gasteiger partial charge in [-0.1, -0.05) is 30.0 Å². The quantitative estimate of drug-likeness (QED) is 0.411. The number of anilines is 1. The molecule has 2 aromatic carbocycles. The zero-order valence-electron chi connectivity index (χ0n) is 14.3. The Morgan fingerprint density at radius 3 is 2.81 bits per heavy atom. The van der Waals surface area contributed by atoms with E-state index in [1.165, 1.54) is 6.92 Å². The molecule has 0 saturated carbocycles. The highest BCUT2D eigenvalue weighted by atomic mass is 32.2. The van der Waals surface area contributed by atoms with Crippen molar-refractivity contribution in [2.24, 2.45) is 0 Å². The molecule has 4 rings (SSSR count). The van der Waals surface area contributed by atoms with E-state index in [1.807, 2.05) is 36.4 Å². The van der Waals surface area contributed by atoms with Crippen molar-refractivity contribution in [3.8, 4) is 0 Å². The molecule has 9 heteroatoms. The third-order valence-corrected chi connectivity index (χ3v) is 4.96. The number of carbonyl (C=O) groups excluding carboxylic acids is 1. The first-order chi connectivity index (χ1) is 13.0. The molecule has 0 fully saturated rings. The van der Waals surface area contributed by atoms with Crippen LogP contribution in [0.25, 0.3) is 21.9 Å². The lowest BCUT2D eigenvalue weighted by Gasteiger charge is -2.07. The molecule has 8 nitrogen and oxygen atoms in total. The lowest BCUT2D eigenvalue weighted by Crippen LogP contribution is -2.32. The number of benzene rings is 2. The highest BCUT2D eigenvalue weighted by molar-refractivity contribution is 7.99. The van der Waals surface area contributed by atoms with E-state index in [4.69, 9.17) is 10.3 Å². The molecule has 0 atom stereocenters. The van der Waals surface area contributed by atoms with Gasteiger partial charge in [-0.25, -0.2) is 0 Å². The molecule has 0 aliphatic rings. The lowest BCUT2D eigenvalue weighted by molar-refractivity contribution is -0.113. The number of amides is 1. The van der Waals surface area contributed by atoms with Gasteiger partial charge in [0.2, 0.25) is 11.1 Å². The van der Waals surface area contributed by atoms with Gasteiger partial charge in [-0.15, -0.1) is 10.2 Å². The Labute approximate surface area is 157 Å². The van der Waals surface area contributed by atoms with Crippen molar-refractivity contribution in [2.75, 3.05) is 16.9 Å². The summed E-state index contributed by atoms with van der Waals surface area (Å²) in [5.74, 6) is 5.46. The first-order valence-corrected chi connectivity index (χ1v) is 9.07. The number of carbonyl (C=O) groups is 1. The molecule has 0 aliphatic heterocycles. The molecular weight excluding hydrogens is 366 g/mol. The second-order valence-corrected chi connectivity index (χ2v) is 6.83. The minimum absolute atomic E-state index is 0.0402. The summed E-state index contributed by atoms with van der Waals surface area (Å²) in [6.45, 7) is 1.52. The number of nitrogens with two attached hydrogens (primary N) is 1. The number of fused-ring (bicyclic) bond motifs is 3. The Morgan fingerprint density at radius 1 is 1.19 bits per heavy atom. The number of para-hydroxylation sites is 1. The van der Waals surface area contributed by atoms with Crippen molar-refractivity contribution in [2.45, 2.75) is 12.1 Å². The van der Waals surface area contributed by atoms with Crippen LogP contribution in [0, 0.1) is 6.92 Å². The number of hydrogen-bond donors (Lipinski definition) is 2. The van der Waals surface area contributed by atoms with Crippen LogP contribution in [-0.2, 0) is 4.79 Å². The molecule has 0 unspecified atom stereocenters. The van der Waals surface area contributed by atoms with Crippen molar-refractivity contribution in [3.63, 3.8) is 0 Å². The molecule has 2 aromatic heterocycles. The largest absolute Gasteiger partial charge is 0.456 e. The number of furan rings is 1. The lowest BCUT2D eigenvalue weighted by atomic mass is 10.1. The highest BCUT2D eigenvalue weighted by Gasteiger charge is 2.12. The number of aromatic nitrogens is 3. The van der Waals surface area contributed by atoms with Crippen molar-refractivity contribution < 1.29 is 9.21 Å². The molecule has 1 amide bonds. The molecule has 0 radical (unpaired) electrons. The maximum atomic E-state index is 12.3. The fourth-order valence-electron chi connectivity index (χ4n) is 2.70. The average molecular weight is 381 g/mol. The number of rotatable bonds is 4. The van der Waals surface area contributed by atoms with E-state index in [0.717, 1.165) is 38.4 Å². The standard InChI is InChI=1S/C18H15N5O3S/c1-10-17(25)23(19)18(22-21-10)27-9-16(24)20-11-6-7-15-13(8-11)12-4-2-3-5-14(12)26-15/h2-8H,9,19H2,1H3,(H,20,24). The van der Waals surface area contributed by atoms with E-state index in [1.54, 1.807) is 6.07 Å². The molecule has 136 valence electrons. The van der Waals surface area contributed by atoms with Gasteiger partial charge < -0.3 is 15.6 Å². The van der Waals surface area contributed by atoms with E-state index in [-0.39, 0.29) is 22.5 Å². The molecule has 0 aliphatic carbocycles. The van der Waals surface area contributed by atoms with Gasteiger partial charge >= 0.3 is 0 Å². The maximum absolute atomic E-state index is 12.3. The summed E-state index contributed by atoms with van der Waals surface area (Å²) in [5, 5.41) is 12.5. The van der Waals surface area contributed by atoms with Gasteiger partial charge in [0.15, 0.2) is 0 Å². The smallest absolute Gasteiger partial charge is 0.294 e. The summed E-state index contributed by atoms with van der Waals surface area (Å²) in [7, 11) is 0. The number of nitrogens with one attached hydrogen (secondary N) is 1. The minimum Gasteiger partial charge on any atom is -0.456 e. The van der Waals surface area contributed by atoms with Gasteiger partial charge in [0.05, 0.1) is 5.75 Å². The van der Waals surface area contributed by atoms with E-state index >= 15 is 0 Å². The fourth-order valence-corrected chi connectivity index (χ4v) is 3.35. The van der Waals surface area contributed by atoms with Gasteiger partial charge in [0.1, 0.15) is 16.9 Å². The zero-order valence-corrected chi connectivity index (χ0v) is 15.1. The van der Waals surface area contributed by atoms with Crippen molar-refractivity contribution in [1.29, 1.82) is 0 Å². The normalized spacial score (nSPS) is 11.1. The van der Waals surface area contributed by atoms with Crippen LogP contribution in [0.15, 0.2) is 56.8 Å². The van der Waals surface area contributed by atoms with Gasteiger partial charge in [-0.3, -0.25) is 9.59 Å². The Balaban J connectivity index is 1.50. The van der Waals surface area contributed by atoms with Crippen LogP contribution in [0.4, 0.5) is 5.69 Å². The van der Waals surface area contributed by atoms with E-state index < -0.39 is 5.56 Å². The summed E-state index contributed by atoms with van der Waals surface area (Å²) in [5.41, 5.74) is 1.97. The Morgan fingerprint density at radius 2 is 1.96 bits per heavy atom. The van der Waals surface area contributed by atoms with Gasteiger partial charge in [0.25, 0.3) is 5.56 Å². The fraction of sp³-hybridized carbons (Fsp3) is 0.111. The third kappa shape index (κ3) is 3.24. The van der Waals surface area contributed by atoms with Gasteiger partial charge in [0, 0.05) is 16.5 Å². The van der Waals surface area contributed by atoms with E-state index in [0.29, 0.717) is 5.69 Å². The molecule has 0 saturated heterocycles. The van der Waals surface area contributed by atoms with Crippen LogP contribution in [0.2, 0.25) is 0 Å². The molecule has 3 N–H and O–H groups in total. The van der Waals surface area contributed by atoms with E-state index in [2.05, 4.69) is 15.5 Å². The number of hydrogen-bond acceptors (Lipinski definition) is 7. The first-order valence-electron chi connectivity index (χ1n) is 8.08. The number of nitrogens with zero attached hydrogens (tertiary/aromatic N) is 3.